The largest absolute Gasteiger partial charge is 0.443 e. The Kier molecular flexibility index (Phi) is 3.18. The number of rotatable bonds is 0. The molecule has 0 radical (unpaired) electrons. The second-order valence-electron chi connectivity index (χ2n) is 6.21. The number of para-hydroxylation sites is 1. The van der Waals surface area contributed by atoms with Gasteiger partial charge in [-0.25, -0.2) is 9.36 Å². The molecule has 1 heterocycles. The number of hydrogen-bond donors (Lipinski definition) is 0. The molecule has 0 unspecified atom stereocenters. The Hall–Kier alpha value is -2.73. The van der Waals surface area contributed by atoms with Crippen LogP contribution in [0.4, 0.5) is 4.79 Å². The summed E-state index contributed by atoms with van der Waals surface area (Å²) in [7, 11) is 0. The summed E-state index contributed by atoms with van der Waals surface area (Å²) in [4.78, 5) is 12.6. The second-order valence-corrected chi connectivity index (χ2v) is 6.21. The first-order valence-corrected chi connectivity index (χ1v) is 7.14. The summed E-state index contributed by atoms with van der Waals surface area (Å²) in [5, 5.41) is 1.99. The first-order chi connectivity index (χ1) is 10.4. The number of hydrogen-bond acceptors (Lipinski definition) is 2. The van der Waals surface area contributed by atoms with Crippen LogP contribution >= 0.6 is 0 Å². The van der Waals surface area contributed by atoms with Crippen molar-refractivity contribution in [1.82, 2.24) is 4.57 Å². The predicted molar refractivity (Wildman–Crippen MR) is 89.0 cm³/mol. The molecule has 3 nitrogen and oxygen atoms in total. The summed E-state index contributed by atoms with van der Waals surface area (Å²) >= 11 is 0. The molecule has 0 N–H and O–H groups in total. The van der Waals surface area contributed by atoms with E-state index in [2.05, 4.69) is 5.92 Å². The summed E-state index contributed by atoms with van der Waals surface area (Å²) in [5.41, 5.74) is 1.77. The van der Waals surface area contributed by atoms with Crippen molar-refractivity contribution in [2.24, 2.45) is 0 Å². The van der Waals surface area contributed by atoms with Gasteiger partial charge in [0.05, 0.1) is 11.0 Å². The van der Waals surface area contributed by atoms with Gasteiger partial charge in [-0.2, -0.15) is 0 Å². The maximum atomic E-state index is 12.6. The topological polar surface area (TPSA) is 31.2 Å². The van der Waals surface area contributed by atoms with E-state index in [1.807, 2.05) is 63.2 Å². The molecule has 22 heavy (non-hydrogen) atoms. The Morgan fingerprint density at radius 3 is 2.45 bits per heavy atom. The van der Waals surface area contributed by atoms with E-state index < -0.39 is 11.7 Å². The maximum absolute atomic E-state index is 12.6. The van der Waals surface area contributed by atoms with Gasteiger partial charge in [0.1, 0.15) is 5.60 Å². The molecule has 3 heteroatoms. The third-order valence-corrected chi connectivity index (χ3v) is 3.42. The molecule has 0 spiro atoms. The zero-order valence-electron chi connectivity index (χ0n) is 12.9. The monoisotopic (exact) mass is 291 g/mol. The molecule has 0 aliphatic heterocycles. The molecule has 110 valence electrons. The minimum atomic E-state index is -0.557. The van der Waals surface area contributed by atoms with Crippen LogP contribution in [0.1, 0.15) is 26.3 Å². The molecule has 0 aliphatic carbocycles. The van der Waals surface area contributed by atoms with Crippen LogP contribution in [0.2, 0.25) is 0 Å². The third-order valence-electron chi connectivity index (χ3n) is 3.42. The van der Waals surface area contributed by atoms with E-state index in [0.29, 0.717) is 0 Å². The molecule has 3 rings (SSSR count). The Morgan fingerprint density at radius 1 is 1.09 bits per heavy atom. The van der Waals surface area contributed by atoms with Crippen molar-refractivity contribution < 1.29 is 9.53 Å². The van der Waals surface area contributed by atoms with Gasteiger partial charge in [0.25, 0.3) is 0 Å². The van der Waals surface area contributed by atoms with Crippen LogP contribution in [0.15, 0.2) is 42.5 Å². The summed E-state index contributed by atoms with van der Waals surface area (Å²) in [6, 6.07) is 13.4. The number of benzene rings is 2. The molecule has 0 fully saturated rings. The van der Waals surface area contributed by atoms with E-state index in [1.54, 1.807) is 4.57 Å². The fraction of sp³-hybridized carbons (Fsp3) is 0.211. The number of nitrogens with zero attached hydrogens (tertiary/aromatic N) is 1. The van der Waals surface area contributed by atoms with Crippen LogP contribution in [0.25, 0.3) is 21.8 Å². The molecule has 3 aromatic rings. The summed E-state index contributed by atoms with van der Waals surface area (Å²) in [5.74, 6) is 2.61. The lowest BCUT2D eigenvalue weighted by Crippen LogP contribution is -2.27. The minimum absolute atomic E-state index is 0.395. The molecule has 0 saturated heterocycles. The van der Waals surface area contributed by atoms with E-state index in [4.69, 9.17) is 11.2 Å². The molecule has 0 bridgehead atoms. The van der Waals surface area contributed by atoms with Gasteiger partial charge in [0.2, 0.25) is 0 Å². The highest BCUT2D eigenvalue weighted by Crippen LogP contribution is 2.30. The fourth-order valence-electron chi connectivity index (χ4n) is 2.56. The highest BCUT2D eigenvalue weighted by Gasteiger charge is 2.22. The van der Waals surface area contributed by atoms with E-state index >= 15 is 0 Å². The molecule has 1 aromatic heterocycles. The number of ether oxygens (including phenoxy) is 1. The lowest BCUT2D eigenvalue weighted by Gasteiger charge is -2.20. The Labute approximate surface area is 129 Å². The Morgan fingerprint density at radius 2 is 1.77 bits per heavy atom. The smallest absolute Gasteiger partial charge is 0.419 e. The average molecular weight is 291 g/mol. The fourth-order valence-corrected chi connectivity index (χ4v) is 2.56. The van der Waals surface area contributed by atoms with Crippen molar-refractivity contribution in [3.05, 3.63) is 48.0 Å². The van der Waals surface area contributed by atoms with Gasteiger partial charge in [-0.05, 0) is 39.0 Å². The van der Waals surface area contributed by atoms with Crippen molar-refractivity contribution in [1.29, 1.82) is 0 Å². The number of aromatic nitrogens is 1. The summed E-state index contributed by atoms with van der Waals surface area (Å²) in [6.45, 7) is 5.56. The van der Waals surface area contributed by atoms with Gasteiger partial charge in [0.15, 0.2) is 0 Å². The lowest BCUT2D eigenvalue weighted by atomic mass is 10.1. The first kappa shape index (κ1) is 14.2. The van der Waals surface area contributed by atoms with Gasteiger partial charge < -0.3 is 4.74 Å². The predicted octanol–water partition coefficient (Wildman–Crippen LogP) is 4.56. The van der Waals surface area contributed by atoms with Gasteiger partial charge in [-0.15, -0.1) is 6.42 Å². The zero-order chi connectivity index (χ0) is 15.9. The summed E-state index contributed by atoms with van der Waals surface area (Å²) in [6.07, 6.45) is 5.09. The normalized spacial score (nSPS) is 11.5. The summed E-state index contributed by atoms with van der Waals surface area (Å²) < 4.78 is 7.14. The van der Waals surface area contributed by atoms with Crippen molar-refractivity contribution in [3.63, 3.8) is 0 Å². The van der Waals surface area contributed by atoms with Crippen LogP contribution in [0.3, 0.4) is 0 Å². The van der Waals surface area contributed by atoms with Crippen LogP contribution < -0.4 is 0 Å². The number of carbonyl (C=O) groups is 1. The standard InChI is InChI=1S/C19H17NO2/c1-5-13-10-11-15-14-8-6-7-9-16(14)20(17(15)12-13)18(21)22-19(2,3)4/h1,6-12H,2-4H3. The van der Waals surface area contributed by atoms with Gasteiger partial charge >= 0.3 is 6.09 Å². The molecule has 0 aliphatic rings. The van der Waals surface area contributed by atoms with Crippen molar-refractivity contribution in [2.45, 2.75) is 26.4 Å². The quantitative estimate of drug-likeness (QED) is 0.569. The number of terminal acetylenes is 1. The Bertz CT molecular complexity index is 920. The number of carbonyl (C=O) groups excluding carboxylic acids is 1. The van der Waals surface area contributed by atoms with E-state index in [0.717, 1.165) is 27.4 Å². The SMILES string of the molecule is C#Cc1ccc2c3ccccc3n(C(=O)OC(C)(C)C)c2c1. The highest BCUT2D eigenvalue weighted by molar-refractivity contribution is 6.12. The maximum Gasteiger partial charge on any atom is 0.419 e. The van der Waals surface area contributed by atoms with Gasteiger partial charge in [0, 0.05) is 16.3 Å². The van der Waals surface area contributed by atoms with Crippen LogP contribution in [-0.4, -0.2) is 16.3 Å². The zero-order valence-corrected chi connectivity index (χ0v) is 12.9. The van der Waals surface area contributed by atoms with Crippen LogP contribution in [-0.2, 0) is 4.74 Å². The van der Waals surface area contributed by atoms with E-state index in [9.17, 15) is 4.79 Å². The van der Waals surface area contributed by atoms with Crippen molar-refractivity contribution >= 4 is 27.9 Å². The highest BCUT2D eigenvalue weighted by atomic mass is 16.6. The van der Waals surface area contributed by atoms with Gasteiger partial charge in [-0.3, -0.25) is 0 Å². The first-order valence-electron chi connectivity index (χ1n) is 7.14. The van der Waals surface area contributed by atoms with Crippen molar-refractivity contribution in [2.75, 3.05) is 0 Å². The third kappa shape index (κ3) is 2.33. The van der Waals surface area contributed by atoms with Crippen LogP contribution in [0, 0.1) is 12.3 Å². The van der Waals surface area contributed by atoms with Crippen LogP contribution in [0.5, 0.6) is 0 Å². The second kappa shape index (κ2) is 4.92. The molecular weight excluding hydrogens is 274 g/mol. The number of fused-ring (bicyclic) bond motifs is 3. The van der Waals surface area contributed by atoms with Crippen molar-refractivity contribution in [3.8, 4) is 12.3 Å². The molecule has 0 saturated carbocycles. The van der Waals surface area contributed by atoms with Gasteiger partial charge in [-0.1, -0.05) is 30.2 Å². The van der Waals surface area contributed by atoms with E-state index in [-0.39, 0.29) is 0 Å². The minimum Gasteiger partial charge on any atom is -0.443 e. The average Bonchev–Trinajstić information content (AvgIpc) is 2.78. The molecule has 2 aromatic carbocycles. The molecular formula is C19H17NO2. The Balaban J connectivity index is 2.34. The molecule has 0 amide bonds. The molecule has 0 atom stereocenters. The lowest BCUT2D eigenvalue weighted by molar-refractivity contribution is 0.0551. The van der Waals surface area contributed by atoms with E-state index in [1.165, 1.54) is 0 Å².